The summed E-state index contributed by atoms with van der Waals surface area (Å²) in [4.78, 5) is 12.2. The van der Waals surface area contributed by atoms with Crippen molar-refractivity contribution in [1.29, 1.82) is 5.26 Å². The van der Waals surface area contributed by atoms with E-state index in [1.54, 1.807) is 30.3 Å². The SMILES string of the molecule is N#Cc1cccc(C(=O)c2cccc(I)c2)c1. The zero-order valence-electron chi connectivity index (χ0n) is 8.85. The molecule has 2 rings (SSSR count). The quantitative estimate of drug-likeness (QED) is 0.624. The van der Waals surface area contributed by atoms with Gasteiger partial charge in [-0.1, -0.05) is 24.3 Å². The highest BCUT2D eigenvalue weighted by molar-refractivity contribution is 14.1. The smallest absolute Gasteiger partial charge is 0.193 e. The molecule has 0 amide bonds. The molecular weight excluding hydrogens is 325 g/mol. The topological polar surface area (TPSA) is 40.9 Å². The summed E-state index contributed by atoms with van der Waals surface area (Å²) in [6.07, 6.45) is 0. The van der Waals surface area contributed by atoms with Gasteiger partial charge in [0, 0.05) is 14.7 Å². The molecule has 3 heteroatoms. The van der Waals surface area contributed by atoms with E-state index < -0.39 is 0 Å². The molecular formula is C14H8INO. The van der Waals surface area contributed by atoms with Gasteiger partial charge >= 0.3 is 0 Å². The number of hydrogen-bond donors (Lipinski definition) is 0. The molecule has 0 heterocycles. The van der Waals surface area contributed by atoms with Crippen molar-refractivity contribution in [3.63, 3.8) is 0 Å². The van der Waals surface area contributed by atoms with Crippen molar-refractivity contribution in [3.8, 4) is 6.07 Å². The van der Waals surface area contributed by atoms with Gasteiger partial charge in [0.15, 0.2) is 5.78 Å². The van der Waals surface area contributed by atoms with Crippen LogP contribution in [0.3, 0.4) is 0 Å². The molecule has 2 nitrogen and oxygen atoms in total. The summed E-state index contributed by atoms with van der Waals surface area (Å²) in [5.41, 5.74) is 1.69. The van der Waals surface area contributed by atoms with E-state index in [1.807, 2.05) is 24.3 Å². The molecule has 0 aliphatic carbocycles. The number of carbonyl (C=O) groups excluding carboxylic acids is 1. The van der Waals surface area contributed by atoms with E-state index in [4.69, 9.17) is 5.26 Å². The number of nitrogens with zero attached hydrogens (tertiary/aromatic N) is 1. The Morgan fingerprint density at radius 1 is 1.06 bits per heavy atom. The molecule has 0 aliphatic heterocycles. The minimum atomic E-state index is -0.0550. The van der Waals surface area contributed by atoms with Crippen LogP contribution in [-0.2, 0) is 0 Å². The van der Waals surface area contributed by atoms with Crippen molar-refractivity contribution < 1.29 is 4.79 Å². The fraction of sp³-hybridized carbons (Fsp3) is 0. The number of rotatable bonds is 2. The summed E-state index contributed by atoms with van der Waals surface area (Å²) < 4.78 is 1.02. The maximum Gasteiger partial charge on any atom is 0.193 e. The summed E-state index contributed by atoms with van der Waals surface area (Å²) in [7, 11) is 0. The van der Waals surface area contributed by atoms with E-state index in [2.05, 4.69) is 22.6 Å². The summed E-state index contributed by atoms with van der Waals surface area (Å²) in [6, 6.07) is 16.2. The highest BCUT2D eigenvalue weighted by atomic mass is 127. The van der Waals surface area contributed by atoms with Crippen molar-refractivity contribution in [1.82, 2.24) is 0 Å². The van der Waals surface area contributed by atoms with Crippen LogP contribution < -0.4 is 0 Å². The van der Waals surface area contributed by atoms with Gasteiger partial charge in [-0.3, -0.25) is 4.79 Å². The first-order valence-corrected chi connectivity index (χ1v) is 6.09. The molecule has 17 heavy (non-hydrogen) atoms. The standard InChI is InChI=1S/C14H8INO/c15-13-6-2-5-12(8-13)14(17)11-4-1-3-10(7-11)9-16/h1-8H. The highest BCUT2D eigenvalue weighted by Gasteiger charge is 2.09. The lowest BCUT2D eigenvalue weighted by molar-refractivity contribution is 0.103. The highest BCUT2D eigenvalue weighted by Crippen LogP contribution is 2.14. The fourth-order valence-corrected chi connectivity index (χ4v) is 2.07. The van der Waals surface area contributed by atoms with E-state index in [-0.39, 0.29) is 5.78 Å². The molecule has 0 unspecified atom stereocenters. The first kappa shape index (κ1) is 11.8. The van der Waals surface area contributed by atoms with Crippen LogP contribution in [0.1, 0.15) is 21.5 Å². The second kappa shape index (κ2) is 5.11. The first-order chi connectivity index (χ1) is 8.20. The fourth-order valence-electron chi connectivity index (χ4n) is 1.53. The van der Waals surface area contributed by atoms with Gasteiger partial charge in [0.05, 0.1) is 11.6 Å². The van der Waals surface area contributed by atoms with Crippen LogP contribution in [0.15, 0.2) is 48.5 Å². The Morgan fingerprint density at radius 2 is 1.71 bits per heavy atom. The van der Waals surface area contributed by atoms with Crippen LogP contribution in [0.25, 0.3) is 0 Å². The second-order valence-corrected chi connectivity index (χ2v) is 4.78. The normalized spacial score (nSPS) is 9.65. The molecule has 2 aromatic rings. The van der Waals surface area contributed by atoms with E-state index in [9.17, 15) is 4.79 Å². The molecule has 0 atom stereocenters. The largest absolute Gasteiger partial charge is 0.289 e. The molecule has 0 bridgehead atoms. The minimum Gasteiger partial charge on any atom is -0.289 e. The van der Waals surface area contributed by atoms with Gasteiger partial charge in [0.2, 0.25) is 0 Å². The number of carbonyl (C=O) groups is 1. The van der Waals surface area contributed by atoms with Crippen LogP contribution in [-0.4, -0.2) is 5.78 Å². The van der Waals surface area contributed by atoms with Gasteiger partial charge in [-0.15, -0.1) is 0 Å². The molecule has 0 saturated heterocycles. The Balaban J connectivity index is 2.41. The predicted molar refractivity (Wildman–Crippen MR) is 73.7 cm³/mol. The zero-order chi connectivity index (χ0) is 12.3. The van der Waals surface area contributed by atoms with Crippen molar-refractivity contribution in [2.75, 3.05) is 0 Å². The Bertz CT molecular complexity index is 614. The van der Waals surface area contributed by atoms with E-state index in [0.717, 1.165) is 3.57 Å². The first-order valence-electron chi connectivity index (χ1n) is 5.01. The Hall–Kier alpha value is -1.67. The summed E-state index contributed by atoms with van der Waals surface area (Å²) in [6.45, 7) is 0. The molecule has 0 radical (unpaired) electrons. The van der Waals surface area contributed by atoms with Crippen molar-refractivity contribution in [2.45, 2.75) is 0 Å². The Morgan fingerprint density at radius 3 is 2.35 bits per heavy atom. The van der Waals surface area contributed by atoms with Crippen LogP contribution in [0, 0.1) is 14.9 Å². The number of halogens is 1. The van der Waals surface area contributed by atoms with Crippen LogP contribution in [0.5, 0.6) is 0 Å². The summed E-state index contributed by atoms with van der Waals surface area (Å²) >= 11 is 2.17. The van der Waals surface area contributed by atoms with Gasteiger partial charge in [-0.25, -0.2) is 0 Å². The third-order valence-corrected chi connectivity index (χ3v) is 3.01. The van der Waals surface area contributed by atoms with Crippen molar-refractivity contribution in [3.05, 3.63) is 68.8 Å². The van der Waals surface area contributed by atoms with E-state index in [1.165, 1.54) is 0 Å². The molecule has 0 spiro atoms. The van der Waals surface area contributed by atoms with Crippen LogP contribution in [0.4, 0.5) is 0 Å². The zero-order valence-corrected chi connectivity index (χ0v) is 11.0. The number of hydrogen-bond acceptors (Lipinski definition) is 2. The molecule has 2 aromatic carbocycles. The molecule has 0 fully saturated rings. The third kappa shape index (κ3) is 2.71. The second-order valence-electron chi connectivity index (χ2n) is 3.53. The van der Waals surface area contributed by atoms with Gasteiger partial charge in [-0.2, -0.15) is 5.26 Å². The average Bonchev–Trinajstić information content (AvgIpc) is 2.38. The van der Waals surface area contributed by atoms with Crippen molar-refractivity contribution in [2.24, 2.45) is 0 Å². The van der Waals surface area contributed by atoms with Crippen LogP contribution >= 0.6 is 22.6 Å². The number of benzene rings is 2. The lowest BCUT2D eigenvalue weighted by Crippen LogP contribution is -2.01. The Labute approximate surface area is 113 Å². The average molecular weight is 333 g/mol. The van der Waals surface area contributed by atoms with Crippen molar-refractivity contribution >= 4 is 28.4 Å². The van der Waals surface area contributed by atoms with Gasteiger partial charge < -0.3 is 0 Å². The minimum absolute atomic E-state index is 0.0550. The van der Waals surface area contributed by atoms with Gasteiger partial charge in [-0.05, 0) is 46.9 Å². The third-order valence-electron chi connectivity index (χ3n) is 2.34. The summed E-state index contributed by atoms with van der Waals surface area (Å²) in [5.74, 6) is -0.0550. The molecule has 0 aliphatic rings. The summed E-state index contributed by atoms with van der Waals surface area (Å²) in [5, 5.41) is 8.80. The number of nitriles is 1. The van der Waals surface area contributed by atoms with E-state index in [0.29, 0.717) is 16.7 Å². The molecule has 82 valence electrons. The van der Waals surface area contributed by atoms with Crippen LogP contribution in [0.2, 0.25) is 0 Å². The van der Waals surface area contributed by atoms with Gasteiger partial charge in [0.1, 0.15) is 0 Å². The molecule has 0 saturated carbocycles. The Kier molecular flexibility index (Phi) is 3.55. The number of ketones is 1. The monoisotopic (exact) mass is 333 g/mol. The lowest BCUT2D eigenvalue weighted by atomic mass is 10.0. The van der Waals surface area contributed by atoms with Gasteiger partial charge in [0.25, 0.3) is 0 Å². The maximum absolute atomic E-state index is 12.2. The molecule has 0 aromatic heterocycles. The predicted octanol–water partition coefficient (Wildman–Crippen LogP) is 3.39. The van der Waals surface area contributed by atoms with E-state index >= 15 is 0 Å². The maximum atomic E-state index is 12.2. The lowest BCUT2D eigenvalue weighted by Gasteiger charge is -2.02. The molecule has 0 N–H and O–H groups in total.